The predicted octanol–water partition coefficient (Wildman–Crippen LogP) is 2.82. The molecule has 0 atom stereocenters. The molecule has 0 amide bonds. The molecular formula is C11H10O. The first kappa shape index (κ1) is 7.17. The molecule has 0 heterocycles. The maximum atomic E-state index is 9.50. The number of rotatable bonds is 0. The Labute approximate surface area is 71.7 Å². The van der Waals surface area contributed by atoms with Crippen LogP contribution in [0, 0.1) is 0 Å². The van der Waals surface area contributed by atoms with Gasteiger partial charge in [0.2, 0.25) is 0 Å². The summed E-state index contributed by atoms with van der Waals surface area (Å²) in [6.07, 6.45) is 9.07. The van der Waals surface area contributed by atoms with Crippen LogP contribution in [0.3, 0.4) is 0 Å². The molecule has 0 fully saturated rings. The summed E-state index contributed by atoms with van der Waals surface area (Å²) in [6.45, 7) is 0. The van der Waals surface area contributed by atoms with Gasteiger partial charge in [0.1, 0.15) is 5.75 Å². The van der Waals surface area contributed by atoms with Gasteiger partial charge in [0, 0.05) is 5.56 Å². The van der Waals surface area contributed by atoms with Gasteiger partial charge >= 0.3 is 0 Å². The molecule has 1 nitrogen and oxygen atoms in total. The minimum atomic E-state index is 0.357. The quantitative estimate of drug-likeness (QED) is 0.615. The summed E-state index contributed by atoms with van der Waals surface area (Å²) in [6, 6.07) is 5.57. The third-order valence-corrected chi connectivity index (χ3v) is 1.97. The topological polar surface area (TPSA) is 20.2 Å². The largest absolute Gasteiger partial charge is 0.507 e. The lowest BCUT2D eigenvalue weighted by Crippen LogP contribution is -1.79. The van der Waals surface area contributed by atoms with Crippen molar-refractivity contribution in [1.29, 1.82) is 0 Å². The molecule has 0 saturated carbocycles. The van der Waals surface area contributed by atoms with Gasteiger partial charge in [-0.15, -0.1) is 0 Å². The highest BCUT2D eigenvalue weighted by Gasteiger charge is 2.02. The highest BCUT2D eigenvalue weighted by Crippen LogP contribution is 2.25. The van der Waals surface area contributed by atoms with Crippen LogP contribution in [0.4, 0.5) is 0 Å². The van der Waals surface area contributed by atoms with Crippen LogP contribution in [0.25, 0.3) is 12.2 Å². The summed E-state index contributed by atoms with van der Waals surface area (Å²) >= 11 is 0. The Balaban J connectivity index is 2.65. The van der Waals surface area contributed by atoms with Gasteiger partial charge in [-0.05, 0) is 18.1 Å². The lowest BCUT2D eigenvalue weighted by atomic mass is 10.1. The van der Waals surface area contributed by atoms with Crippen molar-refractivity contribution < 1.29 is 5.11 Å². The molecule has 12 heavy (non-hydrogen) atoms. The number of aromatic hydroxyl groups is 1. The normalized spacial score (nSPS) is 14.0. The van der Waals surface area contributed by atoms with E-state index in [0.29, 0.717) is 5.75 Å². The van der Waals surface area contributed by atoms with E-state index < -0.39 is 0 Å². The number of phenols is 1. The molecule has 1 aromatic carbocycles. The minimum Gasteiger partial charge on any atom is -0.507 e. The van der Waals surface area contributed by atoms with Gasteiger partial charge < -0.3 is 5.11 Å². The van der Waals surface area contributed by atoms with Crippen molar-refractivity contribution in [3.05, 3.63) is 41.5 Å². The molecule has 1 heteroatoms. The summed E-state index contributed by atoms with van der Waals surface area (Å²) in [5.74, 6) is 0.357. The first-order valence-corrected chi connectivity index (χ1v) is 4.03. The summed E-state index contributed by atoms with van der Waals surface area (Å²) in [4.78, 5) is 0. The van der Waals surface area contributed by atoms with Crippen LogP contribution in [-0.4, -0.2) is 5.11 Å². The molecule has 1 aliphatic carbocycles. The van der Waals surface area contributed by atoms with Gasteiger partial charge in [0.15, 0.2) is 0 Å². The Hall–Kier alpha value is -1.50. The van der Waals surface area contributed by atoms with Gasteiger partial charge in [-0.2, -0.15) is 0 Å². The highest BCUT2D eigenvalue weighted by atomic mass is 16.3. The highest BCUT2D eigenvalue weighted by molar-refractivity contribution is 5.71. The van der Waals surface area contributed by atoms with Gasteiger partial charge in [0.25, 0.3) is 0 Å². The number of phenolic OH excluding ortho intramolecular Hbond substituents is 1. The zero-order valence-electron chi connectivity index (χ0n) is 6.70. The first-order chi connectivity index (χ1) is 5.88. The molecule has 0 radical (unpaired) electrons. The lowest BCUT2D eigenvalue weighted by Gasteiger charge is -2.01. The fraction of sp³-hybridized carbons (Fsp3) is 0.0909. The van der Waals surface area contributed by atoms with E-state index >= 15 is 0 Å². The second kappa shape index (κ2) is 2.86. The van der Waals surface area contributed by atoms with Crippen LogP contribution in [0.5, 0.6) is 5.75 Å². The SMILES string of the molecule is Oc1cccc2c1C=CCC=C2. The van der Waals surface area contributed by atoms with Crippen molar-refractivity contribution in [2.24, 2.45) is 0 Å². The second-order valence-corrected chi connectivity index (χ2v) is 2.82. The summed E-state index contributed by atoms with van der Waals surface area (Å²) in [5.41, 5.74) is 2.01. The van der Waals surface area contributed by atoms with E-state index in [2.05, 4.69) is 6.08 Å². The molecule has 60 valence electrons. The Morgan fingerprint density at radius 1 is 1.08 bits per heavy atom. The molecular weight excluding hydrogens is 148 g/mol. The maximum Gasteiger partial charge on any atom is 0.123 e. The molecule has 0 saturated heterocycles. The second-order valence-electron chi connectivity index (χ2n) is 2.82. The molecule has 2 rings (SSSR count). The van der Waals surface area contributed by atoms with Crippen LogP contribution in [0.15, 0.2) is 30.4 Å². The average Bonchev–Trinajstić information content (AvgIpc) is 2.30. The van der Waals surface area contributed by atoms with Crippen molar-refractivity contribution in [2.75, 3.05) is 0 Å². The van der Waals surface area contributed by atoms with Crippen molar-refractivity contribution in [1.82, 2.24) is 0 Å². The molecule has 0 bridgehead atoms. The smallest absolute Gasteiger partial charge is 0.123 e. The number of benzene rings is 1. The Morgan fingerprint density at radius 3 is 2.83 bits per heavy atom. The molecule has 1 aliphatic rings. The molecule has 0 aliphatic heterocycles. The lowest BCUT2D eigenvalue weighted by molar-refractivity contribution is 0.474. The van der Waals surface area contributed by atoms with Gasteiger partial charge in [0.05, 0.1) is 0 Å². The molecule has 0 spiro atoms. The first-order valence-electron chi connectivity index (χ1n) is 4.03. The van der Waals surface area contributed by atoms with Crippen molar-refractivity contribution in [3.63, 3.8) is 0 Å². The van der Waals surface area contributed by atoms with Crippen molar-refractivity contribution in [3.8, 4) is 5.75 Å². The summed E-state index contributed by atoms with van der Waals surface area (Å²) in [7, 11) is 0. The zero-order chi connectivity index (χ0) is 8.39. The standard InChI is InChI=1S/C11H10O/c12-11-8-4-6-9-5-2-1-3-7-10(9)11/h2-8,12H,1H2. The van der Waals surface area contributed by atoms with Gasteiger partial charge in [-0.3, -0.25) is 0 Å². The van der Waals surface area contributed by atoms with Gasteiger partial charge in [-0.25, -0.2) is 0 Å². The molecule has 0 unspecified atom stereocenters. The average molecular weight is 158 g/mol. The van der Waals surface area contributed by atoms with E-state index in [4.69, 9.17) is 0 Å². The number of allylic oxidation sites excluding steroid dienone is 2. The van der Waals surface area contributed by atoms with Crippen LogP contribution in [0.2, 0.25) is 0 Å². The van der Waals surface area contributed by atoms with E-state index in [-0.39, 0.29) is 0 Å². The van der Waals surface area contributed by atoms with Crippen LogP contribution < -0.4 is 0 Å². The van der Waals surface area contributed by atoms with E-state index in [1.165, 1.54) is 0 Å². The molecule has 1 aromatic rings. The van der Waals surface area contributed by atoms with E-state index in [1.807, 2.05) is 30.4 Å². The van der Waals surface area contributed by atoms with Crippen LogP contribution in [0.1, 0.15) is 17.5 Å². The summed E-state index contributed by atoms with van der Waals surface area (Å²) in [5, 5.41) is 9.50. The molecule has 0 aromatic heterocycles. The van der Waals surface area contributed by atoms with Crippen molar-refractivity contribution in [2.45, 2.75) is 6.42 Å². The fourth-order valence-electron chi connectivity index (χ4n) is 1.36. The number of fused-ring (bicyclic) bond motifs is 1. The Kier molecular flexibility index (Phi) is 1.71. The minimum absolute atomic E-state index is 0.357. The molecule has 1 N–H and O–H groups in total. The van der Waals surface area contributed by atoms with E-state index in [1.54, 1.807) is 6.07 Å². The maximum absolute atomic E-state index is 9.50. The van der Waals surface area contributed by atoms with Crippen molar-refractivity contribution >= 4 is 12.2 Å². The van der Waals surface area contributed by atoms with E-state index in [0.717, 1.165) is 17.5 Å². The third-order valence-electron chi connectivity index (χ3n) is 1.97. The number of hydrogen-bond acceptors (Lipinski definition) is 1. The van der Waals surface area contributed by atoms with Crippen LogP contribution in [-0.2, 0) is 0 Å². The summed E-state index contributed by atoms with van der Waals surface area (Å²) < 4.78 is 0. The Morgan fingerprint density at radius 2 is 1.92 bits per heavy atom. The van der Waals surface area contributed by atoms with E-state index in [9.17, 15) is 5.11 Å². The van der Waals surface area contributed by atoms with Gasteiger partial charge in [-0.1, -0.05) is 36.4 Å². The third kappa shape index (κ3) is 1.14. The monoisotopic (exact) mass is 158 g/mol. The Bertz CT molecular complexity index is 348. The zero-order valence-corrected chi connectivity index (χ0v) is 6.70. The predicted molar refractivity (Wildman–Crippen MR) is 50.8 cm³/mol. The number of hydrogen-bond donors (Lipinski definition) is 1. The van der Waals surface area contributed by atoms with Crippen LogP contribution >= 0.6 is 0 Å². The fourth-order valence-corrected chi connectivity index (χ4v) is 1.36.